The van der Waals surface area contributed by atoms with Crippen LogP contribution in [0.15, 0.2) is 23.6 Å². The summed E-state index contributed by atoms with van der Waals surface area (Å²) in [6.07, 6.45) is 5.65. The largest absolute Gasteiger partial charge is 0.498 e. The van der Waals surface area contributed by atoms with Crippen LogP contribution < -0.4 is 4.90 Å². The number of aromatic nitrogens is 2. The van der Waals surface area contributed by atoms with Gasteiger partial charge >= 0.3 is 0 Å². The first-order chi connectivity index (χ1) is 12.7. The van der Waals surface area contributed by atoms with E-state index in [2.05, 4.69) is 9.88 Å². The number of amides is 1. The highest BCUT2D eigenvalue weighted by molar-refractivity contribution is 5.94. The summed E-state index contributed by atoms with van der Waals surface area (Å²) in [6.45, 7) is 6.25. The predicted octanol–water partition coefficient (Wildman–Crippen LogP) is 2.06. The molecule has 1 amide bonds. The Kier molecular flexibility index (Phi) is 5.06. The molecule has 0 radical (unpaired) electrons. The summed E-state index contributed by atoms with van der Waals surface area (Å²) in [5.74, 6) is 1.61. The lowest BCUT2D eigenvalue weighted by atomic mass is 10.0. The molecular formula is C19H26N4O3. The fourth-order valence-corrected chi connectivity index (χ4v) is 3.81. The number of carbonyl (C=O) groups is 1. The standard InChI is InChI=1S/C19H26N4O3/c1-14-15(5-4-11-25-14)18(24)23-10-12-26-17(13-23)16-6-7-20-19(21-16)22-8-2-3-9-22/h6-7,17H,2-5,8-13H2,1H3/t17-/m0/s1. The number of ether oxygens (including phenoxy) is 2. The van der Waals surface area contributed by atoms with Gasteiger partial charge in [-0.3, -0.25) is 4.79 Å². The van der Waals surface area contributed by atoms with Gasteiger partial charge in [0.25, 0.3) is 5.91 Å². The van der Waals surface area contributed by atoms with Crippen molar-refractivity contribution in [3.63, 3.8) is 0 Å². The predicted molar refractivity (Wildman–Crippen MR) is 96.6 cm³/mol. The lowest BCUT2D eigenvalue weighted by Crippen LogP contribution is -2.43. The normalized spacial score (nSPS) is 24.0. The zero-order valence-electron chi connectivity index (χ0n) is 15.3. The summed E-state index contributed by atoms with van der Waals surface area (Å²) < 4.78 is 11.5. The van der Waals surface area contributed by atoms with E-state index in [1.807, 2.05) is 17.9 Å². The third kappa shape index (κ3) is 3.53. The average molecular weight is 358 g/mol. The van der Waals surface area contributed by atoms with Crippen LogP contribution in [0.4, 0.5) is 5.95 Å². The summed E-state index contributed by atoms with van der Waals surface area (Å²) >= 11 is 0. The van der Waals surface area contributed by atoms with Crippen molar-refractivity contribution in [2.75, 3.05) is 44.3 Å². The van der Waals surface area contributed by atoms with E-state index >= 15 is 0 Å². The fourth-order valence-electron chi connectivity index (χ4n) is 3.81. The minimum absolute atomic E-state index is 0.0734. The monoisotopic (exact) mass is 358 g/mol. The topological polar surface area (TPSA) is 67.8 Å². The van der Waals surface area contributed by atoms with Gasteiger partial charge in [0.2, 0.25) is 5.95 Å². The Morgan fingerprint density at radius 1 is 1.19 bits per heavy atom. The molecule has 0 saturated carbocycles. The van der Waals surface area contributed by atoms with Crippen molar-refractivity contribution in [1.29, 1.82) is 0 Å². The smallest absolute Gasteiger partial charge is 0.253 e. The van der Waals surface area contributed by atoms with Crippen molar-refractivity contribution in [3.05, 3.63) is 29.3 Å². The number of morpholine rings is 1. The van der Waals surface area contributed by atoms with Gasteiger partial charge in [-0.25, -0.2) is 9.97 Å². The van der Waals surface area contributed by atoms with Gasteiger partial charge in [0.1, 0.15) is 11.9 Å². The third-order valence-electron chi connectivity index (χ3n) is 5.31. The molecule has 140 valence electrons. The molecule has 0 spiro atoms. The summed E-state index contributed by atoms with van der Waals surface area (Å²) in [5.41, 5.74) is 1.65. The molecule has 0 aliphatic carbocycles. The maximum Gasteiger partial charge on any atom is 0.253 e. The Labute approximate surface area is 154 Å². The minimum atomic E-state index is -0.206. The quantitative estimate of drug-likeness (QED) is 0.824. The van der Waals surface area contributed by atoms with Crippen LogP contribution in [0.5, 0.6) is 0 Å². The first-order valence-corrected chi connectivity index (χ1v) is 9.53. The fraction of sp³-hybridized carbons (Fsp3) is 0.632. The maximum absolute atomic E-state index is 12.9. The van der Waals surface area contributed by atoms with Crippen molar-refractivity contribution in [2.24, 2.45) is 0 Å². The summed E-state index contributed by atoms with van der Waals surface area (Å²) in [6, 6.07) is 1.90. The molecule has 3 aliphatic heterocycles. The molecule has 1 atom stereocenters. The third-order valence-corrected chi connectivity index (χ3v) is 5.31. The first-order valence-electron chi connectivity index (χ1n) is 9.53. The molecule has 7 heteroatoms. The van der Waals surface area contributed by atoms with Gasteiger partial charge in [-0.15, -0.1) is 0 Å². The van der Waals surface area contributed by atoms with Crippen LogP contribution in [-0.4, -0.2) is 60.2 Å². The first kappa shape index (κ1) is 17.3. The van der Waals surface area contributed by atoms with Crippen molar-refractivity contribution in [3.8, 4) is 0 Å². The molecule has 0 unspecified atom stereocenters. The molecule has 2 fully saturated rings. The number of carbonyl (C=O) groups excluding carboxylic acids is 1. The lowest BCUT2D eigenvalue weighted by molar-refractivity contribution is -0.135. The van der Waals surface area contributed by atoms with E-state index in [9.17, 15) is 4.79 Å². The van der Waals surface area contributed by atoms with Gasteiger partial charge in [-0.1, -0.05) is 0 Å². The molecule has 1 aromatic rings. The van der Waals surface area contributed by atoms with Crippen LogP contribution in [0.3, 0.4) is 0 Å². The molecule has 7 nitrogen and oxygen atoms in total. The molecule has 3 aliphatic rings. The summed E-state index contributed by atoms with van der Waals surface area (Å²) in [4.78, 5) is 26.1. The molecule has 1 aromatic heterocycles. The molecule has 26 heavy (non-hydrogen) atoms. The zero-order chi connectivity index (χ0) is 17.9. The van der Waals surface area contributed by atoms with E-state index in [1.165, 1.54) is 12.8 Å². The minimum Gasteiger partial charge on any atom is -0.498 e. The Hall–Kier alpha value is -2.15. The number of allylic oxidation sites excluding steroid dienone is 1. The van der Waals surface area contributed by atoms with Crippen molar-refractivity contribution in [2.45, 2.75) is 38.7 Å². The highest BCUT2D eigenvalue weighted by Crippen LogP contribution is 2.26. The molecule has 0 bridgehead atoms. The van der Waals surface area contributed by atoms with E-state index in [0.717, 1.165) is 48.9 Å². The van der Waals surface area contributed by atoms with E-state index < -0.39 is 0 Å². The Bertz CT molecular complexity index is 700. The summed E-state index contributed by atoms with van der Waals surface area (Å²) in [5, 5.41) is 0. The van der Waals surface area contributed by atoms with Crippen LogP contribution in [0.25, 0.3) is 0 Å². The molecule has 2 saturated heterocycles. The van der Waals surface area contributed by atoms with Gasteiger partial charge in [0.15, 0.2) is 0 Å². The van der Waals surface area contributed by atoms with Crippen LogP contribution in [0.1, 0.15) is 44.4 Å². The number of anilines is 1. The van der Waals surface area contributed by atoms with Gasteiger partial charge in [-0.05, 0) is 38.7 Å². The Balaban J connectivity index is 1.48. The second kappa shape index (κ2) is 7.61. The second-order valence-electron chi connectivity index (χ2n) is 7.07. The average Bonchev–Trinajstić information content (AvgIpc) is 3.23. The van der Waals surface area contributed by atoms with E-state index in [1.54, 1.807) is 6.20 Å². The Morgan fingerprint density at radius 2 is 2.04 bits per heavy atom. The number of rotatable bonds is 3. The summed E-state index contributed by atoms with van der Waals surface area (Å²) in [7, 11) is 0. The van der Waals surface area contributed by atoms with Gasteiger partial charge in [0, 0.05) is 25.8 Å². The molecule has 4 rings (SSSR count). The van der Waals surface area contributed by atoms with Crippen molar-refractivity contribution in [1.82, 2.24) is 14.9 Å². The Morgan fingerprint density at radius 3 is 2.85 bits per heavy atom. The molecular weight excluding hydrogens is 332 g/mol. The highest BCUT2D eigenvalue weighted by Gasteiger charge is 2.30. The van der Waals surface area contributed by atoms with Crippen molar-refractivity contribution < 1.29 is 14.3 Å². The van der Waals surface area contributed by atoms with E-state index in [4.69, 9.17) is 14.5 Å². The zero-order valence-corrected chi connectivity index (χ0v) is 15.3. The van der Waals surface area contributed by atoms with Crippen LogP contribution >= 0.6 is 0 Å². The highest BCUT2D eigenvalue weighted by atomic mass is 16.5. The molecule has 0 N–H and O–H groups in total. The van der Waals surface area contributed by atoms with Crippen LogP contribution in [0, 0.1) is 0 Å². The number of nitrogens with zero attached hydrogens (tertiary/aromatic N) is 4. The van der Waals surface area contributed by atoms with E-state index in [-0.39, 0.29) is 12.0 Å². The van der Waals surface area contributed by atoms with Gasteiger partial charge < -0.3 is 19.3 Å². The van der Waals surface area contributed by atoms with Crippen LogP contribution in [0.2, 0.25) is 0 Å². The number of hydrogen-bond donors (Lipinski definition) is 0. The van der Waals surface area contributed by atoms with E-state index in [0.29, 0.717) is 26.3 Å². The van der Waals surface area contributed by atoms with Gasteiger partial charge in [-0.2, -0.15) is 0 Å². The van der Waals surface area contributed by atoms with Crippen molar-refractivity contribution >= 4 is 11.9 Å². The van der Waals surface area contributed by atoms with Crippen LogP contribution in [-0.2, 0) is 14.3 Å². The van der Waals surface area contributed by atoms with Gasteiger partial charge in [0.05, 0.1) is 31.0 Å². The number of hydrogen-bond acceptors (Lipinski definition) is 6. The molecule has 0 aromatic carbocycles. The maximum atomic E-state index is 12.9. The lowest BCUT2D eigenvalue weighted by Gasteiger charge is -2.34. The molecule has 4 heterocycles. The SMILES string of the molecule is CC1=C(C(=O)N2CCO[C@H](c3ccnc(N4CCCC4)n3)C2)CCCO1. The second-order valence-corrected chi connectivity index (χ2v) is 7.07.